The van der Waals surface area contributed by atoms with Crippen molar-refractivity contribution in [1.82, 2.24) is 4.72 Å². The van der Waals surface area contributed by atoms with Crippen molar-refractivity contribution in [2.24, 2.45) is 23.0 Å². The summed E-state index contributed by atoms with van der Waals surface area (Å²) in [6.07, 6.45) is 4.29. The third-order valence-corrected chi connectivity index (χ3v) is 4.66. The summed E-state index contributed by atoms with van der Waals surface area (Å²) >= 11 is 0. The van der Waals surface area contributed by atoms with Gasteiger partial charge in [0.2, 0.25) is 10.0 Å². The second kappa shape index (κ2) is 5.02. The molecule has 16 heavy (non-hydrogen) atoms. The number of rotatable bonds is 5. The van der Waals surface area contributed by atoms with Gasteiger partial charge < -0.3 is 5.73 Å². The maximum absolute atomic E-state index is 11.0. The first-order chi connectivity index (χ1) is 7.28. The van der Waals surface area contributed by atoms with Crippen molar-refractivity contribution >= 4 is 10.0 Å². The molecule has 5 heteroatoms. The maximum atomic E-state index is 11.0. The molecule has 0 bridgehead atoms. The van der Waals surface area contributed by atoms with Crippen LogP contribution < -0.4 is 10.5 Å². The van der Waals surface area contributed by atoms with Crippen molar-refractivity contribution in [3.05, 3.63) is 0 Å². The summed E-state index contributed by atoms with van der Waals surface area (Å²) in [6.45, 7) is 5.68. The van der Waals surface area contributed by atoms with Gasteiger partial charge in [0, 0.05) is 6.54 Å². The molecule has 3 N–H and O–H groups in total. The second-order valence-corrected chi connectivity index (χ2v) is 7.32. The summed E-state index contributed by atoms with van der Waals surface area (Å²) in [7, 11) is -3.07. The quantitative estimate of drug-likeness (QED) is 0.760. The molecule has 1 rings (SSSR count). The van der Waals surface area contributed by atoms with Crippen LogP contribution in [0.5, 0.6) is 0 Å². The van der Waals surface area contributed by atoms with E-state index in [0.717, 1.165) is 19.3 Å². The van der Waals surface area contributed by atoms with E-state index in [-0.39, 0.29) is 5.41 Å². The van der Waals surface area contributed by atoms with Crippen LogP contribution in [0.25, 0.3) is 0 Å². The topological polar surface area (TPSA) is 72.2 Å². The van der Waals surface area contributed by atoms with E-state index in [9.17, 15) is 8.42 Å². The Bertz CT molecular complexity index is 317. The molecule has 1 aliphatic carbocycles. The largest absolute Gasteiger partial charge is 0.330 e. The second-order valence-electron chi connectivity index (χ2n) is 5.48. The zero-order valence-electron chi connectivity index (χ0n) is 10.5. The van der Waals surface area contributed by atoms with Gasteiger partial charge in [-0.05, 0) is 43.1 Å². The molecule has 1 aliphatic rings. The van der Waals surface area contributed by atoms with Gasteiger partial charge in [0.25, 0.3) is 0 Å². The molecule has 0 saturated heterocycles. The summed E-state index contributed by atoms with van der Waals surface area (Å²) < 4.78 is 24.5. The van der Waals surface area contributed by atoms with Gasteiger partial charge in [-0.25, -0.2) is 13.1 Å². The number of hydrogen-bond donors (Lipinski definition) is 2. The fraction of sp³-hybridized carbons (Fsp3) is 1.00. The minimum absolute atomic E-state index is 0.149. The number of sulfonamides is 1. The van der Waals surface area contributed by atoms with Crippen molar-refractivity contribution in [2.75, 3.05) is 19.3 Å². The molecule has 0 unspecified atom stereocenters. The first-order valence-corrected chi connectivity index (χ1v) is 7.82. The first-order valence-electron chi connectivity index (χ1n) is 5.93. The van der Waals surface area contributed by atoms with E-state index in [1.54, 1.807) is 0 Å². The molecule has 96 valence electrons. The average Bonchev–Trinajstić information content (AvgIpc) is 2.41. The molecule has 1 saturated carbocycles. The highest BCUT2D eigenvalue weighted by Crippen LogP contribution is 2.46. The highest BCUT2D eigenvalue weighted by molar-refractivity contribution is 7.88. The van der Waals surface area contributed by atoms with E-state index >= 15 is 0 Å². The van der Waals surface area contributed by atoms with Gasteiger partial charge in [-0.2, -0.15) is 0 Å². The van der Waals surface area contributed by atoms with Crippen LogP contribution in [0, 0.1) is 17.3 Å². The van der Waals surface area contributed by atoms with Gasteiger partial charge in [-0.15, -0.1) is 0 Å². The van der Waals surface area contributed by atoms with E-state index in [0.29, 0.717) is 24.9 Å². The van der Waals surface area contributed by atoms with Gasteiger partial charge >= 0.3 is 0 Å². The molecule has 0 aromatic carbocycles. The minimum Gasteiger partial charge on any atom is -0.330 e. The Hall–Kier alpha value is -0.130. The lowest BCUT2D eigenvalue weighted by Gasteiger charge is -2.27. The van der Waals surface area contributed by atoms with Crippen LogP contribution in [0.3, 0.4) is 0 Å². The van der Waals surface area contributed by atoms with Crippen LogP contribution in [-0.4, -0.2) is 27.8 Å². The fourth-order valence-electron chi connectivity index (χ4n) is 2.83. The van der Waals surface area contributed by atoms with E-state index < -0.39 is 10.0 Å². The molecule has 3 atom stereocenters. The lowest BCUT2D eigenvalue weighted by atomic mass is 9.82. The molecule has 0 aromatic heterocycles. The normalized spacial score (nSPS) is 35.5. The number of nitrogens with one attached hydrogen (secondary N) is 1. The first kappa shape index (κ1) is 13.9. The Morgan fingerprint density at radius 3 is 2.19 bits per heavy atom. The third kappa shape index (κ3) is 3.71. The molecule has 0 amide bonds. The smallest absolute Gasteiger partial charge is 0.208 e. The fourth-order valence-corrected chi connectivity index (χ4v) is 3.30. The zero-order chi connectivity index (χ0) is 12.4. The van der Waals surface area contributed by atoms with Crippen molar-refractivity contribution in [2.45, 2.75) is 33.1 Å². The lowest BCUT2D eigenvalue weighted by Crippen LogP contribution is -2.33. The van der Waals surface area contributed by atoms with Gasteiger partial charge in [-0.3, -0.25) is 0 Å². The average molecular weight is 248 g/mol. The Kier molecular flexibility index (Phi) is 4.37. The zero-order valence-corrected chi connectivity index (χ0v) is 11.3. The summed E-state index contributed by atoms with van der Waals surface area (Å²) in [5.74, 6) is 1.39. The summed E-state index contributed by atoms with van der Waals surface area (Å²) in [5.41, 5.74) is 6.02. The van der Waals surface area contributed by atoms with Gasteiger partial charge in [0.1, 0.15) is 0 Å². The summed E-state index contributed by atoms with van der Waals surface area (Å²) in [4.78, 5) is 0. The highest BCUT2D eigenvalue weighted by atomic mass is 32.2. The van der Waals surface area contributed by atoms with Crippen LogP contribution in [0.1, 0.15) is 33.1 Å². The van der Waals surface area contributed by atoms with Crippen LogP contribution in [-0.2, 0) is 10.0 Å². The molecule has 0 aromatic rings. The molecule has 0 radical (unpaired) electrons. The molecular weight excluding hydrogens is 224 g/mol. The van der Waals surface area contributed by atoms with E-state index in [2.05, 4.69) is 18.6 Å². The van der Waals surface area contributed by atoms with Crippen molar-refractivity contribution in [1.29, 1.82) is 0 Å². The van der Waals surface area contributed by atoms with Crippen LogP contribution in [0.4, 0.5) is 0 Å². The van der Waals surface area contributed by atoms with Crippen LogP contribution in [0.2, 0.25) is 0 Å². The molecule has 0 heterocycles. The molecule has 1 fully saturated rings. The van der Waals surface area contributed by atoms with Crippen molar-refractivity contribution < 1.29 is 8.42 Å². The maximum Gasteiger partial charge on any atom is 0.208 e. The minimum atomic E-state index is -3.07. The Labute approximate surface area is 99.0 Å². The summed E-state index contributed by atoms with van der Waals surface area (Å²) in [6, 6.07) is 0. The van der Waals surface area contributed by atoms with E-state index in [1.807, 2.05) is 0 Å². The molecular formula is C11H24N2O2S. The molecule has 0 aliphatic heterocycles. The lowest BCUT2D eigenvalue weighted by molar-refractivity contribution is 0.271. The predicted octanol–water partition coefficient (Wildman–Crippen LogP) is 0.937. The Balaban J connectivity index is 2.50. The van der Waals surface area contributed by atoms with E-state index in [1.165, 1.54) is 6.26 Å². The van der Waals surface area contributed by atoms with Crippen molar-refractivity contribution in [3.63, 3.8) is 0 Å². The predicted molar refractivity (Wildman–Crippen MR) is 66.5 cm³/mol. The van der Waals surface area contributed by atoms with Crippen molar-refractivity contribution in [3.8, 4) is 0 Å². The molecule has 0 spiro atoms. The van der Waals surface area contributed by atoms with E-state index in [4.69, 9.17) is 5.73 Å². The summed E-state index contributed by atoms with van der Waals surface area (Å²) in [5, 5.41) is 0. The van der Waals surface area contributed by atoms with Gasteiger partial charge in [0.05, 0.1) is 6.26 Å². The third-order valence-electron chi connectivity index (χ3n) is 3.93. The number of nitrogens with two attached hydrogens (primary N) is 1. The Morgan fingerprint density at radius 1 is 1.31 bits per heavy atom. The number of hydrogen-bond acceptors (Lipinski definition) is 3. The molecule has 4 nitrogen and oxygen atoms in total. The van der Waals surface area contributed by atoms with Gasteiger partial charge in [0.15, 0.2) is 0 Å². The Morgan fingerprint density at radius 2 is 1.81 bits per heavy atom. The van der Waals surface area contributed by atoms with Crippen LogP contribution in [0.15, 0.2) is 0 Å². The van der Waals surface area contributed by atoms with Gasteiger partial charge in [-0.1, -0.05) is 13.8 Å². The standard InChI is InChI=1S/C11H24N2O2S/c1-9-6-11(8-12,7-10(9)2)4-5-13-16(3,14)15/h9-10,13H,4-8,12H2,1-3H3/t9-,10+,11+. The highest BCUT2D eigenvalue weighted by Gasteiger charge is 2.40. The monoisotopic (exact) mass is 248 g/mol. The van der Waals surface area contributed by atoms with Crippen LogP contribution >= 0.6 is 0 Å². The SMILES string of the molecule is C[C@@H]1C[C@@](CN)(CCNS(C)(=O)=O)C[C@@H]1C.